The smallest absolute Gasteiger partial charge is 0.132 e. The molecule has 2 N–H and O–H groups in total. The van der Waals surface area contributed by atoms with E-state index in [9.17, 15) is 5.26 Å². The molecule has 1 aliphatic carbocycles. The maximum Gasteiger partial charge on any atom is 0.132 e. The van der Waals surface area contributed by atoms with Gasteiger partial charge in [-0.3, -0.25) is 0 Å². The summed E-state index contributed by atoms with van der Waals surface area (Å²) in [4.78, 5) is 12.3. The summed E-state index contributed by atoms with van der Waals surface area (Å²) in [6.07, 6.45) is 7.42. The summed E-state index contributed by atoms with van der Waals surface area (Å²) in [6, 6.07) is 8.58. The van der Waals surface area contributed by atoms with Crippen molar-refractivity contribution < 1.29 is 0 Å². The van der Waals surface area contributed by atoms with Crippen LogP contribution in [0.15, 0.2) is 30.6 Å². The molecule has 2 aliphatic rings. The molecule has 0 aromatic carbocycles. The highest BCUT2D eigenvalue weighted by Gasteiger charge is 2.26. The van der Waals surface area contributed by atoms with Gasteiger partial charge in [-0.25, -0.2) is 9.97 Å². The number of hydrogen-bond donors (Lipinski definition) is 2. The van der Waals surface area contributed by atoms with Gasteiger partial charge in [-0.05, 0) is 42.5 Å². The summed E-state index contributed by atoms with van der Waals surface area (Å²) < 4.78 is 1.09. The van der Waals surface area contributed by atoms with Crippen LogP contribution in [0.5, 0.6) is 0 Å². The topological polar surface area (TPSA) is 76.9 Å². The van der Waals surface area contributed by atoms with Crippen LogP contribution in [0.25, 0.3) is 10.1 Å². The molecule has 3 aromatic rings. The number of nitrogens with zero attached hydrogens (tertiary/aromatic N) is 4. The second-order valence-electron chi connectivity index (χ2n) is 7.41. The second kappa shape index (κ2) is 7.38. The van der Waals surface area contributed by atoms with Crippen molar-refractivity contribution in [3.8, 4) is 6.07 Å². The molecule has 0 amide bonds. The molecule has 0 spiro atoms. The number of piperazine rings is 1. The molecular weight excluding hydrogens is 368 g/mol. The van der Waals surface area contributed by atoms with E-state index in [2.05, 4.69) is 43.7 Å². The van der Waals surface area contributed by atoms with E-state index in [1.54, 1.807) is 11.3 Å². The van der Waals surface area contributed by atoms with Gasteiger partial charge in [0.15, 0.2) is 0 Å². The van der Waals surface area contributed by atoms with Gasteiger partial charge in [-0.1, -0.05) is 6.42 Å². The summed E-state index contributed by atoms with van der Waals surface area (Å²) >= 11 is 1.56. The van der Waals surface area contributed by atoms with Crippen LogP contribution in [0.2, 0.25) is 0 Å². The predicted molar refractivity (Wildman–Crippen MR) is 114 cm³/mol. The van der Waals surface area contributed by atoms with Crippen molar-refractivity contribution in [1.29, 1.82) is 5.26 Å². The lowest BCUT2D eigenvalue weighted by molar-refractivity contribution is 0.422. The van der Waals surface area contributed by atoms with Gasteiger partial charge < -0.3 is 15.5 Å². The number of nitrogens with one attached hydrogen (secondary N) is 2. The van der Waals surface area contributed by atoms with Crippen LogP contribution in [0.3, 0.4) is 0 Å². The Kier molecular flexibility index (Phi) is 4.59. The molecule has 0 atom stereocenters. The number of anilines is 3. The lowest BCUT2D eigenvalue weighted by Gasteiger charge is -2.29. The Balaban J connectivity index is 1.39. The average molecular weight is 391 g/mol. The van der Waals surface area contributed by atoms with Gasteiger partial charge >= 0.3 is 0 Å². The third-order valence-electron chi connectivity index (χ3n) is 5.72. The van der Waals surface area contributed by atoms with E-state index < -0.39 is 0 Å². The lowest BCUT2D eigenvalue weighted by Crippen LogP contribution is -2.43. The second-order valence-corrected chi connectivity index (χ2v) is 8.47. The van der Waals surface area contributed by atoms with Gasteiger partial charge in [0, 0.05) is 37.8 Å². The maximum atomic E-state index is 9.53. The predicted octanol–water partition coefficient (Wildman–Crippen LogP) is 3.98. The third kappa shape index (κ3) is 3.19. The number of hydrogen-bond acceptors (Lipinski definition) is 7. The third-order valence-corrected chi connectivity index (χ3v) is 6.78. The van der Waals surface area contributed by atoms with Gasteiger partial charge in [0.05, 0.1) is 16.6 Å². The molecule has 28 heavy (non-hydrogen) atoms. The van der Waals surface area contributed by atoms with E-state index in [-0.39, 0.29) is 0 Å². The maximum absolute atomic E-state index is 9.53. The van der Waals surface area contributed by atoms with E-state index in [1.807, 2.05) is 18.5 Å². The zero-order chi connectivity index (χ0) is 18.9. The van der Waals surface area contributed by atoms with Crippen molar-refractivity contribution in [2.24, 2.45) is 0 Å². The highest BCUT2D eigenvalue weighted by Crippen LogP contribution is 2.45. The van der Waals surface area contributed by atoms with Crippen molar-refractivity contribution >= 4 is 38.7 Å². The van der Waals surface area contributed by atoms with E-state index in [1.165, 1.54) is 30.2 Å². The van der Waals surface area contributed by atoms with E-state index >= 15 is 0 Å². The molecule has 1 saturated carbocycles. The molecule has 7 heteroatoms. The Morgan fingerprint density at radius 2 is 1.96 bits per heavy atom. The molecule has 1 aliphatic heterocycles. The molecule has 4 heterocycles. The van der Waals surface area contributed by atoms with Gasteiger partial charge in [0.1, 0.15) is 22.6 Å². The highest BCUT2D eigenvalue weighted by molar-refractivity contribution is 7.19. The lowest BCUT2D eigenvalue weighted by atomic mass is 9.79. The number of aromatic nitrogens is 2. The zero-order valence-electron chi connectivity index (χ0n) is 15.6. The van der Waals surface area contributed by atoms with Crippen LogP contribution in [0, 0.1) is 11.3 Å². The van der Waals surface area contributed by atoms with Crippen molar-refractivity contribution in [2.45, 2.75) is 25.2 Å². The number of nitriles is 1. The number of fused-ring (bicyclic) bond motifs is 1. The first-order valence-electron chi connectivity index (χ1n) is 9.83. The van der Waals surface area contributed by atoms with Gasteiger partial charge in [0.25, 0.3) is 0 Å². The Hall–Kier alpha value is -2.69. The van der Waals surface area contributed by atoms with Crippen molar-refractivity contribution in [3.05, 3.63) is 41.0 Å². The normalized spacial score (nSPS) is 17.3. The van der Waals surface area contributed by atoms with Crippen LogP contribution in [-0.2, 0) is 0 Å². The van der Waals surface area contributed by atoms with E-state index in [0.29, 0.717) is 5.92 Å². The Labute approximate surface area is 168 Å². The number of pyridine rings is 2. The summed E-state index contributed by atoms with van der Waals surface area (Å²) in [6.45, 7) is 4.04. The zero-order valence-corrected chi connectivity index (χ0v) is 16.4. The van der Waals surface area contributed by atoms with Crippen molar-refractivity contribution in [3.63, 3.8) is 0 Å². The fourth-order valence-corrected chi connectivity index (χ4v) is 5.01. The highest BCUT2D eigenvalue weighted by atomic mass is 32.1. The largest absolute Gasteiger partial charge is 0.368 e. The van der Waals surface area contributed by atoms with E-state index in [4.69, 9.17) is 0 Å². The Morgan fingerprint density at radius 3 is 2.64 bits per heavy atom. The minimum absolute atomic E-state index is 0.523. The molecule has 0 bridgehead atoms. The summed E-state index contributed by atoms with van der Waals surface area (Å²) in [5.74, 6) is 2.08. The van der Waals surface area contributed by atoms with Crippen LogP contribution in [0.1, 0.15) is 35.6 Å². The van der Waals surface area contributed by atoms with E-state index in [0.717, 1.165) is 53.1 Å². The van der Waals surface area contributed by atoms with Crippen LogP contribution in [-0.4, -0.2) is 36.1 Å². The molecule has 0 radical (unpaired) electrons. The minimum atomic E-state index is 0.523. The van der Waals surface area contributed by atoms with Gasteiger partial charge in [0.2, 0.25) is 0 Å². The first kappa shape index (κ1) is 17.4. The number of rotatable bonds is 4. The Morgan fingerprint density at radius 1 is 1.14 bits per heavy atom. The van der Waals surface area contributed by atoms with Crippen molar-refractivity contribution in [1.82, 2.24) is 15.3 Å². The first-order chi connectivity index (χ1) is 13.8. The minimum Gasteiger partial charge on any atom is -0.368 e. The fraction of sp³-hybridized carbons (Fsp3) is 0.381. The molecule has 2 fully saturated rings. The SMILES string of the molecule is N#Cc1sc2cnc(Nc3ccc(N4CCNCC4)cn3)cc2c1C1CCC1. The molecule has 142 valence electrons. The summed E-state index contributed by atoms with van der Waals surface area (Å²) in [5, 5.41) is 17.4. The van der Waals surface area contributed by atoms with Crippen LogP contribution in [0.4, 0.5) is 17.3 Å². The fourth-order valence-electron chi connectivity index (χ4n) is 3.98. The van der Waals surface area contributed by atoms with Crippen molar-refractivity contribution in [2.75, 3.05) is 36.4 Å². The van der Waals surface area contributed by atoms with Crippen LogP contribution >= 0.6 is 11.3 Å². The number of thiophene rings is 1. The van der Waals surface area contributed by atoms with Gasteiger partial charge in [-0.2, -0.15) is 5.26 Å². The summed E-state index contributed by atoms with van der Waals surface area (Å²) in [7, 11) is 0. The molecule has 1 saturated heterocycles. The van der Waals surface area contributed by atoms with Crippen LogP contribution < -0.4 is 15.5 Å². The quantitative estimate of drug-likeness (QED) is 0.702. The molecule has 5 rings (SSSR count). The monoisotopic (exact) mass is 390 g/mol. The molecule has 0 unspecified atom stereocenters. The first-order valence-corrected chi connectivity index (χ1v) is 10.6. The molecule has 3 aromatic heterocycles. The summed E-state index contributed by atoms with van der Waals surface area (Å²) in [5.41, 5.74) is 2.38. The Bertz CT molecular complexity index is 1030. The standard InChI is InChI=1S/C21H22N6S/c22-11-17-21(14-2-1-3-14)16-10-20(25-13-18(16)28-17)26-19-5-4-15(12-24-19)27-8-6-23-7-9-27/h4-5,10,12-14,23H,1-3,6-9H2,(H,24,25,26). The average Bonchev–Trinajstić information content (AvgIpc) is 3.06. The van der Waals surface area contributed by atoms with Gasteiger partial charge in [-0.15, -0.1) is 11.3 Å². The molecular formula is C21H22N6S. The molecule has 6 nitrogen and oxygen atoms in total.